The summed E-state index contributed by atoms with van der Waals surface area (Å²) in [4.78, 5) is 19.8. The Labute approximate surface area is 306 Å². The molecule has 254 valence electrons. The number of amides is 1. The predicted molar refractivity (Wildman–Crippen MR) is 208 cm³/mol. The third-order valence-corrected chi connectivity index (χ3v) is 9.36. The molecular formula is C31H39B7N2O8S2. The number of nitrogens with zero attached hydrogens (tertiary/aromatic N) is 2. The summed E-state index contributed by atoms with van der Waals surface area (Å²) < 4.78 is 42.4. The van der Waals surface area contributed by atoms with Gasteiger partial charge >= 0.3 is 268 Å². The first-order valence-corrected chi connectivity index (χ1v) is 18.2. The quantitative estimate of drug-likeness (QED) is 0.217. The normalized spacial score (nSPS) is 21.5. The first-order valence-electron chi connectivity index (χ1n) is 16.0. The van der Waals surface area contributed by atoms with Crippen LogP contribution in [-0.2, 0) is 36.3 Å². The molecule has 2 aromatic rings. The molecule has 0 saturated carbocycles. The fraction of sp³-hybridized carbons (Fsp3) is 0.484. The number of thioether (sulfide) groups is 1. The molecule has 1 amide bonds. The van der Waals surface area contributed by atoms with Crippen LogP contribution in [0.15, 0.2) is 66.2 Å². The van der Waals surface area contributed by atoms with Crippen molar-refractivity contribution < 1.29 is 37.4 Å². The predicted octanol–water partition coefficient (Wildman–Crippen LogP) is 3.26. The van der Waals surface area contributed by atoms with Gasteiger partial charge in [-0.05, 0) is 20.8 Å². The summed E-state index contributed by atoms with van der Waals surface area (Å²) in [6.07, 6.45) is -0.754. The Balaban J connectivity index is 1.68. The number of amidine groups is 1. The van der Waals surface area contributed by atoms with Gasteiger partial charge in [-0.3, -0.25) is 0 Å². The van der Waals surface area contributed by atoms with Gasteiger partial charge in [0.1, 0.15) is 0 Å². The average molecular weight is 707 g/mol. The molecule has 1 fully saturated rings. The molecule has 2 heterocycles. The Morgan fingerprint density at radius 3 is 2.14 bits per heavy atom. The molecule has 0 aromatic heterocycles. The van der Waals surface area contributed by atoms with Crippen LogP contribution in [0.3, 0.4) is 0 Å². The van der Waals surface area contributed by atoms with Crippen molar-refractivity contribution in [2.24, 2.45) is 4.99 Å². The third-order valence-electron chi connectivity index (χ3n) is 7.37. The molecule has 2 aromatic carbocycles. The van der Waals surface area contributed by atoms with Crippen molar-refractivity contribution in [3.63, 3.8) is 0 Å². The number of carbonyl (C=O) groups is 1. The second kappa shape index (κ2) is 20.0. The number of hydrogen-bond acceptors (Lipinski definition) is 10. The van der Waals surface area contributed by atoms with Crippen LogP contribution in [0.2, 0.25) is 0 Å². The summed E-state index contributed by atoms with van der Waals surface area (Å²) in [7, 11) is 7.64. The van der Waals surface area contributed by atoms with E-state index < -0.39 is 51.3 Å². The first kappa shape index (κ1) is 40.4. The second-order valence-corrected chi connectivity index (χ2v) is 14.4. The van der Waals surface area contributed by atoms with Gasteiger partial charge in [0.05, 0.1) is 14.2 Å². The molecular weight excluding hydrogens is 668 g/mol. The summed E-state index contributed by atoms with van der Waals surface area (Å²) in [6.45, 7) is 23.0. The van der Waals surface area contributed by atoms with E-state index in [1.165, 1.54) is 23.4 Å². The number of benzene rings is 2. The topological polar surface area (TPSA) is 97.3 Å². The first-order chi connectivity index (χ1) is 24.0. The van der Waals surface area contributed by atoms with Gasteiger partial charge in [0, 0.05) is 0 Å². The van der Waals surface area contributed by atoms with Crippen LogP contribution in [0, 0.1) is 0 Å². The molecule has 0 bridgehead atoms. The zero-order valence-corrected chi connectivity index (χ0v) is 30.8. The van der Waals surface area contributed by atoms with E-state index in [1.807, 2.05) is 69.3 Å². The van der Waals surface area contributed by atoms with Gasteiger partial charge in [-0.25, -0.2) is 0 Å². The Bertz CT molecular complexity index is 1670. The van der Waals surface area contributed by atoms with E-state index in [-0.39, 0.29) is 26.4 Å². The van der Waals surface area contributed by atoms with Gasteiger partial charge in [-0.1, -0.05) is 0 Å². The van der Waals surface area contributed by atoms with E-state index in [9.17, 15) is 4.79 Å². The van der Waals surface area contributed by atoms with Crippen molar-refractivity contribution in [1.82, 2.24) is 4.90 Å². The minimum atomic E-state index is -1.03. The van der Waals surface area contributed by atoms with Crippen LogP contribution in [0.4, 0.5) is 4.79 Å². The molecule has 0 unspecified atom stereocenters. The standard InChI is InChI=1S/C31H39B7N2O8S2/c1-7-16-40(30(41)48-31(2,3)4)29-39-25-27(45-18-21-10-14-23(43-6)15-11-21)26(44-17-20-8-12-22(42-5)13-9-20)24(47-28(25)49-29)19-46-50(33)38-37-36-35-34-32/h7-15,24-28H,1,16-19H2,2-6H3/t24-,25-,26-,27-,28-/m1/s1. The summed E-state index contributed by atoms with van der Waals surface area (Å²) in [5, 5.41) is 0.438. The number of carbonyl (C=O) groups excluding carboxylic acids is 1. The molecule has 0 N–H and O–H groups in total. The fourth-order valence-corrected chi connectivity index (χ4v) is 6.82. The van der Waals surface area contributed by atoms with E-state index in [0.717, 1.165) is 22.6 Å². The molecule has 0 spiro atoms. The SMILES string of the molecule is [B]B=BB=BB=S(#B)OC[C@H]1O[C@@H]2SC(N(CC=C)C(=O)OC(C)(C)C)=N[C@@H]2[C@@H](OCc2ccc(OC)cc2)[C@@H]1OCc1ccc(OC)cc1. The molecule has 10 nitrogen and oxygen atoms in total. The van der Waals surface area contributed by atoms with Crippen LogP contribution >= 0.6 is 21.6 Å². The van der Waals surface area contributed by atoms with Gasteiger partial charge in [0.2, 0.25) is 0 Å². The van der Waals surface area contributed by atoms with E-state index in [2.05, 4.69) is 6.58 Å². The van der Waals surface area contributed by atoms with Crippen molar-refractivity contribution in [3.8, 4) is 11.5 Å². The molecule has 19 heteroatoms. The van der Waals surface area contributed by atoms with Gasteiger partial charge in [-0.2, -0.15) is 0 Å². The summed E-state index contributed by atoms with van der Waals surface area (Å²) >= 11 is 1.32. The molecule has 1 saturated heterocycles. The maximum atomic E-state index is 13.3. The molecule has 2 aliphatic heterocycles. The van der Waals surface area contributed by atoms with Gasteiger partial charge in [-0.15, -0.1) is 0 Å². The van der Waals surface area contributed by atoms with Gasteiger partial charge in [0.15, 0.2) is 0 Å². The average Bonchev–Trinajstić information content (AvgIpc) is 3.52. The van der Waals surface area contributed by atoms with Gasteiger partial charge in [0.25, 0.3) is 0 Å². The second-order valence-electron chi connectivity index (χ2n) is 12.2. The number of hydrogen-bond donors (Lipinski definition) is 0. The zero-order chi connectivity index (χ0) is 36.1. The maximum absolute atomic E-state index is 13.3. The van der Waals surface area contributed by atoms with Crippen molar-refractivity contribution in [2.45, 2.75) is 69.4 Å². The Morgan fingerprint density at radius 2 is 1.60 bits per heavy atom. The Morgan fingerprint density at radius 1 is 1.00 bits per heavy atom. The number of ether oxygens (including phenoxy) is 6. The van der Waals surface area contributed by atoms with Crippen molar-refractivity contribution in [3.05, 3.63) is 72.3 Å². The number of aliphatic imine (C=N–C) groups is 1. The number of rotatable bonds is 14. The number of fused-ring (bicyclic) bond motifs is 1. The Hall–Kier alpha value is -2.42. The number of methoxy groups -OCH3 is 2. The van der Waals surface area contributed by atoms with E-state index in [0.29, 0.717) is 5.17 Å². The van der Waals surface area contributed by atoms with E-state index >= 15 is 0 Å². The van der Waals surface area contributed by atoms with Crippen LogP contribution < -0.4 is 9.47 Å². The molecule has 50 heavy (non-hydrogen) atoms. The monoisotopic (exact) mass is 708 g/mol. The zero-order valence-electron chi connectivity index (χ0n) is 29.1. The van der Waals surface area contributed by atoms with Crippen LogP contribution in [0.5, 0.6) is 11.5 Å². The van der Waals surface area contributed by atoms with Crippen molar-refractivity contribution in [2.75, 3.05) is 27.4 Å². The minimum absolute atomic E-state index is 0.105. The molecule has 4 rings (SSSR count). The van der Waals surface area contributed by atoms with E-state index in [1.54, 1.807) is 46.4 Å². The summed E-state index contributed by atoms with van der Waals surface area (Å²) in [5.41, 5.74) is 0.638. The third kappa shape index (κ3) is 12.1. The fourth-order valence-electron chi connectivity index (χ4n) is 4.99. The molecule has 0 aliphatic carbocycles. The van der Waals surface area contributed by atoms with Crippen LogP contribution in [0.1, 0.15) is 31.9 Å². The van der Waals surface area contributed by atoms with Crippen LogP contribution in [0.25, 0.3) is 0 Å². The van der Waals surface area contributed by atoms with Crippen LogP contribution in [-0.4, -0.2) is 126 Å². The molecule has 2 radical (unpaired) electrons. The Kier molecular flexibility index (Phi) is 16.1. The summed E-state index contributed by atoms with van der Waals surface area (Å²) in [5.74, 6) is 1.48. The molecule has 2 aliphatic rings. The van der Waals surface area contributed by atoms with Crippen molar-refractivity contribution >= 4 is 79.9 Å². The summed E-state index contributed by atoms with van der Waals surface area (Å²) in [6, 6.07) is 16.5. The molecule has 5 atom stereocenters. The van der Waals surface area contributed by atoms with E-state index in [4.69, 9.17) is 51.9 Å². The van der Waals surface area contributed by atoms with Gasteiger partial charge < -0.3 is 4.74 Å². The van der Waals surface area contributed by atoms with Crippen molar-refractivity contribution in [1.29, 1.82) is 0 Å².